The molecular weight excluding hydrogens is 452 g/mol. The van der Waals surface area contributed by atoms with E-state index in [4.69, 9.17) is 9.47 Å². The third kappa shape index (κ3) is 4.75. The van der Waals surface area contributed by atoms with E-state index in [-0.39, 0.29) is 35.4 Å². The monoisotopic (exact) mass is 486 g/mol. The third-order valence-electron chi connectivity index (χ3n) is 8.05. The largest absolute Gasteiger partial charge is 0.427 e. The maximum Gasteiger partial charge on any atom is 0.308 e. The molecule has 3 aromatic rings. The summed E-state index contributed by atoms with van der Waals surface area (Å²) in [6.07, 6.45) is 2.52. The fourth-order valence-corrected chi connectivity index (χ4v) is 6.35. The van der Waals surface area contributed by atoms with E-state index in [1.807, 2.05) is 54.6 Å². The van der Waals surface area contributed by atoms with Crippen molar-refractivity contribution in [3.63, 3.8) is 0 Å². The molecule has 6 heteroatoms. The van der Waals surface area contributed by atoms with Crippen molar-refractivity contribution in [3.8, 4) is 5.75 Å². The summed E-state index contributed by atoms with van der Waals surface area (Å²) < 4.78 is 11.5. The van der Waals surface area contributed by atoms with Gasteiger partial charge in [-0.1, -0.05) is 42.5 Å². The van der Waals surface area contributed by atoms with Gasteiger partial charge in [0.2, 0.25) is 0 Å². The number of ether oxygens (including phenoxy) is 2. The smallest absolute Gasteiger partial charge is 0.308 e. The van der Waals surface area contributed by atoms with Crippen molar-refractivity contribution in [1.29, 1.82) is 0 Å². The molecular formula is C30H34N2O4. The molecule has 0 spiro atoms. The number of esters is 1. The summed E-state index contributed by atoms with van der Waals surface area (Å²) in [5, 5.41) is 5.50. The molecule has 3 aromatic carbocycles. The number of fused-ring (bicyclic) bond motifs is 2. The van der Waals surface area contributed by atoms with Gasteiger partial charge in [-0.25, -0.2) is 0 Å². The Hall–Kier alpha value is -3.22. The van der Waals surface area contributed by atoms with Crippen LogP contribution < -0.4 is 10.1 Å². The van der Waals surface area contributed by atoms with E-state index in [2.05, 4.69) is 29.4 Å². The lowest BCUT2D eigenvalue weighted by atomic mass is 9.57. The first-order valence-corrected chi connectivity index (χ1v) is 12.7. The zero-order chi connectivity index (χ0) is 25.3. The minimum absolute atomic E-state index is 0.000727. The van der Waals surface area contributed by atoms with Crippen molar-refractivity contribution in [1.82, 2.24) is 10.2 Å². The third-order valence-corrected chi connectivity index (χ3v) is 8.05. The number of nitrogens with zero attached hydrogens (tertiary/aromatic N) is 1. The Morgan fingerprint density at radius 3 is 2.61 bits per heavy atom. The number of hydrogen-bond donors (Lipinski definition) is 1. The normalized spacial score (nSPS) is 26.2. The molecule has 6 nitrogen and oxygen atoms in total. The first-order chi connectivity index (χ1) is 17.4. The van der Waals surface area contributed by atoms with Gasteiger partial charge in [-0.15, -0.1) is 0 Å². The van der Waals surface area contributed by atoms with Crippen LogP contribution in [0, 0.1) is 5.92 Å². The van der Waals surface area contributed by atoms with E-state index >= 15 is 0 Å². The van der Waals surface area contributed by atoms with E-state index in [9.17, 15) is 9.59 Å². The van der Waals surface area contributed by atoms with Crippen LogP contribution in [0.25, 0.3) is 10.8 Å². The molecule has 2 aliphatic rings. The van der Waals surface area contributed by atoms with Gasteiger partial charge in [-0.2, -0.15) is 0 Å². The first-order valence-electron chi connectivity index (χ1n) is 12.7. The molecule has 1 heterocycles. The SMILES string of the molecule is COC1C[C@H](NC(=O)c2ccc3ccccc3c2)C[C@]2(c3cccc(OC(C)=O)c3)CCN(C)C[C@@H]12. The molecule has 0 bridgehead atoms. The van der Waals surface area contributed by atoms with Crippen molar-refractivity contribution in [2.24, 2.45) is 5.92 Å². The summed E-state index contributed by atoms with van der Waals surface area (Å²) in [5.41, 5.74) is 1.62. The number of nitrogens with one attached hydrogen (secondary N) is 1. The molecule has 1 aliphatic carbocycles. The Kier molecular flexibility index (Phi) is 6.82. The number of piperidine rings is 1. The molecule has 1 saturated carbocycles. The number of hydrogen-bond acceptors (Lipinski definition) is 5. The Morgan fingerprint density at radius 2 is 1.83 bits per heavy atom. The Labute approximate surface area is 212 Å². The zero-order valence-corrected chi connectivity index (χ0v) is 21.2. The molecule has 4 atom stereocenters. The van der Waals surface area contributed by atoms with Crippen LogP contribution in [-0.2, 0) is 14.9 Å². The van der Waals surface area contributed by atoms with Crippen LogP contribution in [0.3, 0.4) is 0 Å². The van der Waals surface area contributed by atoms with Crippen LogP contribution in [-0.4, -0.2) is 56.2 Å². The predicted octanol–water partition coefficient (Wildman–Crippen LogP) is 4.56. The summed E-state index contributed by atoms with van der Waals surface area (Å²) in [6, 6.07) is 21.8. The van der Waals surface area contributed by atoms with E-state index in [1.54, 1.807) is 7.11 Å². The highest BCUT2D eigenvalue weighted by atomic mass is 16.5. The van der Waals surface area contributed by atoms with Crippen molar-refractivity contribution in [3.05, 3.63) is 77.9 Å². The summed E-state index contributed by atoms with van der Waals surface area (Å²) in [5.74, 6) is 0.435. The van der Waals surface area contributed by atoms with E-state index < -0.39 is 0 Å². The number of carbonyl (C=O) groups is 2. The maximum absolute atomic E-state index is 13.4. The van der Waals surface area contributed by atoms with E-state index in [1.165, 1.54) is 6.92 Å². The number of likely N-dealkylation sites (tertiary alicyclic amines) is 1. The highest BCUT2D eigenvalue weighted by Gasteiger charge is 2.52. The summed E-state index contributed by atoms with van der Waals surface area (Å²) in [6.45, 7) is 3.29. The molecule has 5 rings (SSSR count). The van der Waals surface area contributed by atoms with Gasteiger partial charge in [0.1, 0.15) is 5.75 Å². The van der Waals surface area contributed by atoms with Crippen LogP contribution in [0.5, 0.6) is 5.75 Å². The number of methoxy groups -OCH3 is 1. The topological polar surface area (TPSA) is 67.9 Å². The lowest BCUT2D eigenvalue weighted by Gasteiger charge is -2.55. The maximum atomic E-state index is 13.4. The van der Waals surface area contributed by atoms with Crippen LogP contribution in [0.2, 0.25) is 0 Å². The summed E-state index contributed by atoms with van der Waals surface area (Å²) >= 11 is 0. The van der Waals surface area contributed by atoms with Crippen molar-refractivity contribution in [2.45, 2.75) is 43.7 Å². The second kappa shape index (κ2) is 10.0. The quantitative estimate of drug-likeness (QED) is 0.423. The average molecular weight is 487 g/mol. The molecule has 0 aromatic heterocycles. The highest BCUT2D eigenvalue weighted by Crippen LogP contribution is 2.50. The van der Waals surface area contributed by atoms with Crippen molar-refractivity contribution in [2.75, 3.05) is 27.2 Å². The summed E-state index contributed by atoms with van der Waals surface area (Å²) in [4.78, 5) is 27.3. The number of amides is 1. The highest BCUT2D eigenvalue weighted by molar-refractivity contribution is 5.98. The second-order valence-electron chi connectivity index (χ2n) is 10.3. The number of benzene rings is 3. The average Bonchev–Trinajstić information content (AvgIpc) is 2.88. The van der Waals surface area contributed by atoms with Crippen molar-refractivity contribution >= 4 is 22.6 Å². The Morgan fingerprint density at radius 1 is 1.03 bits per heavy atom. The van der Waals surface area contributed by atoms with Gasteiger partial charge >= 0.3 is 5.97 Å². The Balaban J connectivity index is 1.46. The number of rotatable bonds is 5. The second-order valence-corrected chi connectivity index (χ2v) is 10.3. The fourth-order valence-electron chi connectivity index (χ4n) is 6.35. The zero-order valence-electron chi connectivity index (χ0n) is 21.2. The minimum atomic E-state index is -0.330. The molecule has 1 saturated heterocycles. The molecule has 2 fully saturated rings. The molecule has 1 amide bonds. The van der Waals surface area contributed by atoms with Gasteiger partial charge in [-0.3, -0.25) is 9.59 Å². The van der Waals surface area contributed by atoms with E-state index in [0.29, 0.717) is 11.3 Å². The molecule has 188 valence electrons. The van der Waals surface area contributed by atoms with Gasteiger partial charge in [0.25, 0.3) is 5.91 Å². The molecule has 1 N–H and O–H groups in total. The van der Waals surface area contributed by atoms with Gasteiger partial charge in [0.05, 0.1) is 6.10 Å². The molecule has 0 radical (unpaired) electrons. The lowest BCUT2D eigenvalue weighted by Crippen LogP contribution is -2.60. The van der Waals surface area contributed by atoms with Crippen LogP contribution in [0.4, 0.5) is 0 Å². The molecule has 36 heavy (non-hydrogen) atoms. The van der Waals surface area contributed by atoms with Crippen LogP contribution >= 0.6 is 0 Å². The van der Waals surface area contributed by atoms with Gasteiger partial charge in [0.15, 0.2) is 0 Å². The van der Waals surface area contributed by atoms with Crippen LogP contribution in [0.15, 0.2) is 66.7 Å². The van der Waals surface area contributed by atoms with Gasteiger partial charge in [0, 0.05) is 43.5 Å². The number of carbonyl (C=O) groups excluding carboxylic acids is 2. The van der Waals surface area contributed by atoms with E-state index in [0.717, 1.165) is 48.7 Å². The first kappa shape index (κ1) is 24.5. The minimum Gasteiger partial charge on any atom is -0.427 e. The van der Waals surface area contributed by atoms with Crippen molar-refractivity contribution < 1.29 is 19.1 Å². The summed E-state index contributed by atoms with van der Waals surface area (Å²) in [7, 11) is 3.92. The molecule has 1 aliphatic heterocycles. The van der Waals surface area contributed by atoms with Crippen LogP contribution in [0.1, 0.15) is 42.1 Å². The van der Waals surface area contributed by atoms with Gasteiger partial charge < -0.3 is 19.7 Å². The lowest BCUT2D eigenvalue weighted by molar-refractivity contribution is -0.131. The predicted molar refractivity (Wildman–Crippen MR) is 140 cm³/mol. The Bertz CT molecular complexity index is 1270. The molecule has 1 unspecified atom stereocenters. The van der Waals surface area contributed by atoms with Gasteiger partial charge in [-0.05, 0) is 73.5 Å². The fraction of sp³-hybridized carbons (Fsp3) is 0.400. The standard InChI is InChI=1S/C30H34N2O4/c1-20(33)36-26-10-6-9-24(16-26)30-13-14-32(2)19-27(30)28(35-3)17-25(18-30)31-29(34)23-12-11-21-7-4-5-8-22(21)15-23/h4-12,15-16,25,27-28H,13-14,17-19H2,1-3H3,(H,31,34)/t25-,27-,28?,30-/m0/s1.